The first-order valence-electron chi connectivity index (χ1n) is 7.75. The molecule has 2 fully saturated rings. The molecule has 4 nitrogen and oxygen atoms in total. The lowest BCUT2D eigenvalue weighted by molar-refractivity contribution is -0.139. The minimum atomic E-state index is -0.301. The predicted molar refractivity (Wildman–Crippen MR) is 81.6 cm³/mol. The first-order valence-corrected chi connectivity index (χ1v) is 7.75. The monoisotopic (exact) mass is 288 g/mol. The number of carbonyl (C=O) groups excluding carboxylic acids is 1. The zero-order valence-corrected chi connectivity index (χ0v) is 12.7. The number of nitrogens with one attached hydrogen (secondary N) is 1. The fraction of sp³-hybridized carbons (Fsp3) is 0.588. The van der Waals surface area contributed by atoms with Gasteiger partial charge in [-0.3, -0.25) is 9.69 Å². The number of rotatable bonds is 4. The van der Waals surface area contributed by atoms with Gasteiger partial charge in [-0.1, -0.05) is 44.2 Å². The average Bonchev–Trinajstić information content (AvgIpc) is 2.44. The van der Waals surface area contributed by atoms with Gasteiger partial charge in [-0.05, 0) is 18.4 Å². The fourth-order valence-corrected chi connectivity index (χ4v) is 3.16. The lowest BCUT2D eigenvalue weighted by Crippen LogP contribution is -2.65. The molecule has 21 heavy (non-hydrogen) atoms. The molecule has 0 bridgehead atoms. The van der Waals surface area contributed by atoms with Crippen molar-refractivity contribution in [2.75, 3.05) is 6.54 Å². The maximum absolute atomic E-state index is 12.4. The molecule has 0 radical (unpaired) electrons. The summed E-state index contributed by atoms with van der Waals surface area (Å²) in [6.45, 7) is 5.82. The maximum atomic E-state index is 12.4. The summed E-state index contributed by atoms with van der Waals surface area (Å²) in [5, 5.41) is 12.9. The Morgan fingerprint density at radius 2 is 2.10 bits per heavy atom. The van der Waals surface area contributed by atoms with E-state index in [9.17, 15) is 9.90 Å². The SMILES string of the molecule is CC1(C)C(O)CC1NC(=O)C1CCN1Cc1ccccc1. The standard InChI is InChI=1S/C17H24N2O2/c1-17(2)14(10-15(17)20)18-16(21)13-8-9-19(13)11-12-6-4-3-5-7-12/h3-7,13-15,20H,8-11H2,1-2H3,(H,18,21). The van der Waals surface area contributed by atoms with Crippen molar-refractivity contribution in [3.8, 4) is 0 Å². The quantitative estimate of drug-likeness (QED) is 0.883. The van der Waals surface area contributed by atoms with E-state index in [4.69, 9.17) is 0 Å². The van der Waals surface area contributed by atoms with Gasteiger partial charge >= 0.3 is 0 Å². The van der Waals surface area contributed by atoms with Crippen LogP contribution >= 0.6 is 0 Å². The van der Waals surface area contributed by atoms with E-state index in [1.54, 1.807) is 0 Å². The zero-order valence-electron chi connectivity index (χ0n) is 12.7. The minimum Gasteiger partial charge on any atom is -0.392 e. The normalized spacial score (nSPS) is 31.1. The molecular weight excluding hydrogens is 264 g/mol. The Morgan fingerprint density at radius 3 is 2.62 bits per heavy atom. The molecule has 1 aliphatic carbocycles. The molecule has 0 aromatic heterocycles. The van der Waals surface area contributed by atoms with E-state index in [0.29, 0.717) is 6.42 Å². The van der Waals surface area contributed by atoms with E-state index in [1.807, 2.05) is 32.0 Å². The van der Waals surface area contributed by atoms with Crippen LogP contribution in [0.2, 0.25) is 0 Å². The molecular formula is C17H24N2O2. The van der Waals surface area contributed by atoms with Gasteiger partial charge in [-0.15, -0.1) is 0 Å². The van der Waals surface area contributed by atoms with Crippen molar-refractivity contribution in [1.29, 1.82) is 0 Å². The number of aliphatic hydroxyl groups is 1. The van der Waals surface area contributed by atoms with E-state index >= 15 is 0 Å². The molecule has 1 aliphatic heterocycles. The molecule has 1 saturated carbocycles. The number of likely N-dealkylation sites (tertiary alicyclic amines) is 1. The van der Waals surface area contributed by atoms with Crippen LogP contribution in [-0.2, 0) is 11.3 Å². The largest absolute Gasteiger partial charge is 0.392 e. The summed E-state index contributed by atoms with van der Waals surface area (Å²) in [6, 6.07) is 10.3. The van der Waals surface area contributed by atoms with Crippen LogP contribution in [0.15, 0.2) is 30.3 Å². The Balaban J connectivity index is 1.54. The minimum absolute atomic E-state index is 0.0150. The number of amides is 1. The predicted octanol–water partition coefficient (Wildman–Crippen LogP) is 1.54. The van der Waals surface area contributed by atoms with Gasteiger partial charge in [0.25, 0.3) is 0 Å². The summed E-state index contributed by atoms with van der Waals surface area (Å²) < 4.78 is 0. The highest BCUT2D eigenvalue weighted by atomic mass is 16.3. The van der Waals surface area contributed by atoms with Gasteiger partial charge in [0, 0.05) is 24.5 Å². The van der Waals surface area contributed by atoms with Crippen molar-refractivity contribution < 1.29 is 9.90 Å². The van der Waals surface area contributed by atoms with Crippen molar-refractivity contribution in [2.45, 2.75) is 51.4 Å². The Hall–Kier alpha value is -1.39. The average molecular weight is 288 g/mol. The molecule has 1 heterocycles. The molecule has 1 saturated heterocycles. The fourth-order valence-electron chi connectivity index (χ4n) is 3.16. The van der Waals surface area contributed by atoms with Crippen LogP contribution in [0.5, 0.6) is 0 Å². The molecule has 0 spiro atoms. The second kappa shape index (κ2) is 5.43. The van der Waals surface area contributed by atoms with Crippen LogP contribution in [0, 0.1) is 5.41 Å². The van der Waals surface area contributed by atoms with E-state index in [-0.39, 0.29) is 29.5 Å². The Kier molecular flexibility index (Phi) is 3.76. The number of nitrogens with zero attached hydrogens (tertiary/aromatic N) is 1. The number of aliphatic hydroxyl groups excluding tert-OH is 1. The van der Waals surface area contributed by atoms with Crippen LogP contribution in [0.4, 0.5) is 0 Å². The summed E-state index contributed by atoms with van der Waals surface area (Å²) in [4.78, 5) is 14.6. The van der Waals surface area contributed by atoms with Gasteiger partial charge in [0.2, 0.25) is 5.91 Å². The Morgan fingerprint density at radius 1 is 1.38 bits per heavy atom. The van der Waals surface area contributed by atoms with Crippen LogP contribution in [0.1, 0.15) is 32.3 Å². The van der Waals surface area contributed by atoms with Gasteiger partial charge in [0.05, 0.1) is 12.1 Å². The Labute approximate surface area is 126 Å². The molecule has 1 aromatic rings. The van der Waals surface area contributed by atoms with Crippen molar-refractivity contribution in [2.24, 2.45) is 5.41 Å². The third-order valence-electron chi connectivity index (χ3n) is 5.19. The van der Waals surface area contributed by atoms with Gasteiger partial charge in [0.15, 0.2) is 0 Å². The zero-order chi connectivity index (χ0) is 15.0. The third kappa shape index (κ3) is 2.70. The van der Waals surface area contributed by atoms with Crippen LogP contribution in [0.3, 0.4) is 0 Å². The molecule has 3 unspecified atom stereocenters. The lowest BCUT2D eigenvalue weighted by atomic mass is 9.64. The number of carbonyl (C=O) groups is 1. The molecule has 3 rings (SSSR count). The molecule has 114 valence electrons. The van der Waals surface area contributed by atoms with E-state index in [0.717, 1.165) is 19.5 Å². The number of hydrogen-bond acceptors (Lipinski definition) is 3. The molecule has 1 amide bonds. The van der Waals surface area contributed by atoms with Crippen molar-refractivity contribution >= 4 is 5.91 Å². The highest BCUT2D eigenvalue weighted by molar-refractivity contribution is 5.83. The number of benzene rings is 1. The van der Waals surface area contributed by atoms with E-state index in [1.165, 1.54) is 5.56 Å². The third-order valence-corrected chi connectivity index (χ3v) is 5.19. The molecule has 1 aromatic carbocycles. The van der Waals surface area contributed by atoms with Crippen LogP contribution < -0.4 is 5.32 Å². The summed E-state index contributed by atoms with van der Waals surface area (Å²) in [5.41, 5.74) is 1.04. The highest BCUT2D eigenvalue weighted by Gasteiger charge is 2.49. The van der Waals surface area contributed by atoms with Crippen molar-refractivity contribution in [1.82, 2.24) is 10.2 Å². The van der Waals surface area contributed by atoms with E-state index < -0.39 is 0 Å². The lowest BCUT2D eigenvalue weighted by Gasteiger charge is -2.50. The summed E-state index contributed by atoms with van der Waals surface area (Å²) in [5.74, 6) is 0.113. The summed E-state index contributed by atoms with van der Waals surface area (Å²) in [6.07, 6.45) is 1.29. The van der Waals surface area contributed by atoms with Gasteiger partial charge in [0.1, 0.15) is 0 Å². The topological polar surface area (TPSA) is 52.6 Å². The molecule has 2 N–H and O–H groups in total. The number of hydrogen-bond donors (Lipinski definition) is 2. The van der Waals surface area contributed by atoms with Crippen LogP contribution in [0.25, 0.3) is 0 Å². The second-order valence-electron chi connectivity index (χ2n) is 6.89. The van der Waals surface area contributed by atoms with Gasteiger partial charge < -0.3 is 10.4 Å². The van der Waals surface area contributed by atoms with Gasteiger partial charge in [-0.25, -0.2) is 0 Å². The van der Waals surface area contributed by atoms with E-state index in [2.05, 4.69) is 22.3 Å². The maximum Gasteiger partial charge on any atom is 0.237 e. The van der Waals surface area contributed by atoms with Gasteiger partial charge in [-0.2, -0.15) is 0 Å². The molecule has 4 heteroatoms. The second-order valence-corrected chi connectivity index (χ2v) is 6.89. The molecule has 3 atom stereocenters. The molecule has 2 aliphatic rings. The highest BCUT2D eigenvalue weighted by Crippen LogP contribution is 2.40. The van der Waals surface area contributed by atoms with Crippen molar-refractivity contribution in [3.63, 3.8) is 0 Å². The summed E-state index contributed by atoms with van der Waals surface area (Å²) in [7, 11) is 0. The van der Waals surface area contributed by atoms with Crippen LogP contribution in [-0.4, -0.2) is 40.6 Å². The summed E-state index contributed by atoms with van der Waals surface area (Å²) >= 11 is 0. The first-order chi connectivity index (χ1) is 9.98. The smallest absolute Gasteiger partial charge is 0.237 e. The van der Waals surface area contributed by atoms with Crippen molar-refractivity contribution in [3.05, 3.63) is 35.9 Å². The Bertz CT molecular complexity index is 515. The first kappa shape index (κ1) is 14.5.